The van der Waals surface area contributed by atoms with Crippen molar-refractivity contribution >= 4 is 5.97 Å². The van der Waals surface area contributed by atoms with E-state index < -0.39 is 24.4 Å². The van der Waals surface area contributed by atoms with E-state index in [1.807, 2.05) is 19.9 Å². The molecule has 2 saturated heterocycles. The van der Waals surface area contributed by atoms with Gasteiger partial charge >= 0.3 is 5.97 Å². The molecule has 0 aliphatic carbocycles. The van der Waals surface area contributed by atoms with Crippen molar-refractivity contribution in [3.8, 4) is 0 Å². The first-order valence-electron chi connectivity index (χ1n) is 13.4. The fraction of sp³-hybridized carbons (Fsp3) is 0.889. The summed E-state index contributed by atoms with van der Waals surface area (Å²) < 4.78 is 21.9. The zero-order valence-corrected chi connectivity index (χ0v) is 22.1. The summed E-state index contributed by atoms with van der Waals surface area (Å²) in [4.78, 5) is 11.0. The van der Waals surface area contributed by atoms with E-state index in [0.29, 0.717) is 39.1 Å². The van der Waals surface area contributed by atoms with E-state index in [9.17, 15) is 20.1 Å². The summed E-state index contributed by atoms with van der Waals surface area (Å²) in [5.74, 6) is -0.246. The van der Waals surface area contributed by atoms with Crippen molar-refractivity contribution in [2.24, 2.45) is 11.8 Å². The van der Waals surface area contributed by atoms with E-state index in [1.54, 1.807) is 6.92 Å². The van der Waals surface area contributed by atoms with Crippen LogP contribution < -0.4 is 0 Å². The van der Waals surface area contributed by atoms with E-state index >= 15 is 0 Å². The number of carbonyl (C=O) groups excluding carboxylic acids is 1. The van der Waals surface area contributed by atoms with Gasteiger partial charge in [-0.1, -0.05) is 44.3 Å². The summed E-state index contributed by atoms with van der Waals surface area (Å²) in [6, 6.07) is 0. The molecule has 204 valence electrons. The predicted molar refractivity (Wildman–Crippen MR) is 133 cm³/mol. The second-order valence-electron chi connectivity index (χ2n) is 10.4. The van der Waals surface area contributed by atoms with Crippen molar-refractivity contribution in [3.05, 3.63) is 11.6 Å². The zero-order valence-electron chi connectivity index (χ0n) is 22.1. The quantitative estimate of drug-likeness (QED) is 0.121. The lowest BCUT2D eigenvalue weighted by Gasteiger charge is -2.38. The molecule has 1 unspecified atom stereocenters. The Hall–Kier alpha value is -1.03. The van der Waals surface area contributed by atoms with Gasteiger partial charge in [0.15, 0.2) is 0 Å². The van der Waals surface area contributed by atoms with Gasteiger partial charge in [0.1, 0.15) is 6.10 Å². The number of epoxide rings is 1. The second-order valence-corrected chi connectivity index (χ2v) is 10.4. The Balaban J connectivity index is 1.54. The van der Waals surface area contributed by atoms with Crippen molar-refractivity contribution in [1.82, 2.24) is 0 Å². The van der Waals surface area contributed by atoms with Gasteiger partial charge in [-0.3, -0.25) is 4.79 Å². The summed E-state index contributed by atoms with van der Waals surface area (Å²) in [5.41, 5.74) is 1.07. The number of carbonyl (C=O) groups is 1. The first kappa shape index (κ1) is 30.2. The van der Waals surface area contributed by atoms with Crippen molar-refractivity contribution in [2.45, 2.75) is 115 Å². The van der Waals surface area contributed by atoms with E-state index in [-0.39, 0.29) is 30.0 Å². The highest BCUT2D eigenvalue weighted by molar-refractivity contribution is 5.68. The van der Waals surface area contributed by atoms with Crippen LogP contribution in [-0.2, 0) is 23.7 Å². The first-order chi connectivity index (χ1) is 16.7. The summed E-state index contributed by atoms with van der Waals surface area (Å²) in [7, 11) is 1.42. The highest BCUT2D eigenvalue weighted by atomic mass is 16.6. The topological polar surface area (TPSA) is 118 Å². The van der Waals surface area contributed by atoms with Gasteiger partial charge < -0.3 is 34.3 Å². The van der Waals surface area contributed by atoms with Crippen LogP contribution in [0.5, 0.6) is 0 Å². The van der Waals surface area contributed by atoms with Crippen molar-refractivity contribution in [2.75, 3.05) is 26.9 Å². The Kier molecular flexibility index (Phi) is 13.8. The van der Waals surface area contributed by atoms with Gasteiger partial charge in [0.2, 0.25) is 0 Å². The Morgan fingerprint density at radius 3 is 2.43 bits per heavy atom. The molecule has 0 radical (unpaired) electrons. The maximum Gasteiger partial charge on any atom is 0.305 e. The third-order valence-corrected chi connectivity index (χ3v) is 7.39. The molecule has 0 spiro atoms. The van der Waals surface area contributed by atoms with E-state index in [0.717, 1.165) is 44.1 Å². The average molecular weight is 501 g/mol. The van der Waals surface area contributed by atoms with Crippen LogP contribution in [0.1, 0.15) is 78.6 Å². The van der Waals surface area contributed by atoms with Crippen LogP contribution in [0.15, 0.2) is 11.6 Å². The third-order valence-electron chi connectivity index (χ3n) is 7.39. The van der Waals surface area contributed by atoms with Crippen LogP contribution in [0, 0.1) is 11.8 Å². The molecule has 0 aromatic carbocycles. The van der Waals surface area contributed by atoms with Crippen LogP contribution in [0.25, 0.3) is 0 Å². The van der Waals surface area contributed by atoms with Gasteiger partial charge in [-0.05, 0) is 39.5 Å². The minimum absolute atomic E-state index is 0.0111. The monoisotopic (exact) mass is 500 g/mol. The van der Waals surface area contributed by atoms with Gasteiger partial charge in [-0.15, -0.1) is 0 Å². The Bertz CT molecular complexity index is 637. The van der Waals surface area contributed by atoms with Gasteiger partial charge in [-0.25, -0.2) is 0 Å². The van der Waals surface area contributed by atoms with E-state index in [4.69, 9.17) is 14.2 Å². The number of hydrogen-bond acceptors (Lipinski definition) is 8. The lowest BCUT2D eigenvalue weighted by molar-refractivity contribution is -0.165. The molecule has 0 bridgehead atoms. The number of aliphatic hydroxyl groups is 3. The SMILES string of the molecule is COC(=O)CCCCCCCCOC/C=C(\C)C[C@@H]1OCC(C[C@@H]2O[C@H]2[C@@H](C)[C@H](C)O)[C@@H](O)[C@H]1O. The van der Waals surface area contributed by atoms with Crippen LogP contribution in [-0.4, -0.2) is 84.8 Å². The molecular formula is C27H48O8. The lowest BCUT2D eigenvalue weighted by Crippen LogP contribution is -2.50. The Labute approximate surface area is 211 Å². The number of ether oxygens (including phenoxy) is 4. The minimum Gasteiger partial charge on any atom is -0.469 e. The van der Waals surface area contributed by atoms with Crippen LogP contribution in [0.4, 0.5) is 0 Å². The van der Waals surface area contributed by atoms with Crippen LogP contribution in [0.3, 0.4) is 0 Å². The number of unbranched alkanes of at least 4 members (excludes halogenated alkanes) is 5. The van der Waals surface area contributed by atoms with Crippen LogP contribution in [0.2, 0.25) is 0 Å². The minimum atomic E-state index is -0.933. The molecule has 0 aromatic heterocycles. The number of rotatable bonds is 17. The highest BCUT2D eigenvalue weighted by Gasteiger charge is 2.48. The third kappa shape index (κ3) is 10.9. The molecule has 0 amide bonds. The molecule has 2 aliphatic rings. The van der Waals surface area contributed by atoms with Gasteiger partial charge in [0, 0.05) is 24.9 Å². The molecular weight excluding hydrogens is 452 g/mol. The summed E-state index contributed by atoms with van der Waals surface area (Å²) in [6.45, 7) is 7.35. The molecule has 8 atom stereocenters. The largest absolute Gasteiger partial charge is 0.469 e. The lowest BCUT2D eigenvalue weighted by atomic mass is 9.85. The zero-order chi connectivity index (χ0) is 25.8. The molecule has 0 saturated carbocycles. The van der Waals surface area contributed by atoms with Crippen molar-refractivity contribution in [3.63, 3.8) is 0 Å². The summed E-state index contributed by atoms with van der Waals surface area (Å²) in [6.07, 6.45) is 7.46. The smallest absolute Gasteiger partial charge is 0.305 e. The van der Waals surface area contributed by atoms with Gasteiger partial charge in [0.25, 0.3) is 0 Å². The highest BCUT2D eigenvalue weighted by Crippen LogP contribution is 2.38. The first-order valence-corrected chi connectivity index (χ1v) is 13.4. The second kappa shape index (κ2) is 15.9. The molecule has 3 N–H and O–H groups in total. The number of esters is 1. The normalized spacial score (nSPS) is 30.7. The molecule has 35 heavy (non-hydrogen) atoms. The number of aliphatic hydroxyl groups excluding tert-OH is 3. The van der Waals surface area contributed by atoms with Crippen molar-refractivity contribution < 1.29 is 39.1 Å². The fourth-order valence-corrected chi connectivity index (χ4v) is 4.68. The maximum atomic E-state index is 11.0. The predicted octanol–water partition coefficient (Wildman–Crippen LogP) is 3.15. The molecule has 8 heteroatoms. The average Bonchev–Trinajstić information content (AvgIpc) is 3.60. The number of methoxy groups -OCH3 is 1. The van der Waals surface area contributed by atoms with Crippen molar-refractivity contribution in [1.29, 1.82) is 0 Å². The summed E-state index contributed by atoms with van der Waals surface area (Å²) >= 11 is 0. The molecule has 2 rings (SSSR count). The molecule has 2 fully saturated rings. The Morgan fingerprint density at radius 1 is 1.06 bits per heavy atom. The fourth-order valence-electron chi connectivity index (χ4n) is 4.68. The Morgan fingerprint density at radius 2 is 1.74 bits per heavy atom. The molecule has 0 aromatic rings. The van der Waals surface area contributed by atoms with Crippen LogP contribution >= 0.6 is 0 Å². The molecule has 8 nitrogen and oxygen atoms in total. The number of hydrogen-bond donors (Lipinski definition) is 3. The van der Waals surface area contributed by atoms with Gasteiger partial charge in [-0.2, -0.15) is 0 Å². The maximum absolute atomic E-state index is 11.0. The van der Waals surface area contributed by atoms with E-state index in [1.165, 1.54) is 7.11 Å². The van der Waals surface area contributed by atoms with E-state index in [2.05, 4.69) is 4.74 Å². The molecule has 2 aliphatic heterocycles. The molecule has 2 heterocycles. The van der Waals surface area contributed by atoms with Gasteiger partial charge in [0.05, 0.1) is 50.8 Å². The standard InChI is InChI=1S/C27H48O8/c1-18(12-14-33-13-10-8-6-5-7-9-11-24(29)32-4)15-22-26(31)25(30)21(17-34-22)16-23-27(35-23)19(2)20(3)28/h12,19-23,25-28,30-31H,5-11,13-17H2,1-4H3/b18-12+/t19-,20-,21?,22-,23-,25+,26-,27-/m0/s1. The summed E-state index contributed by atoms with van der Waals surface area (Å²) in [5, 5.41) is 31.0.